The number of hydrogen-bond donors (Lipinski definition) is 2. The maximum absolute atomic E-state index is 11.2. The first kappa shape index (κ1) is 14.3. The molecule has 2 nitrogen and oxygen atoms in total. The van der Waals surface area contributed by atoms with Crippen molar-refractivity contribution in [2.75, 3.05) is 6.54 Å². The number of nitrogens with two attached hydrogens (primary N) is 1. The lowest BCUT2D eigenvalue weighted by atomic mass is 9.59. The van der Waals surface area contributed by atoms with Crippen LogP contribution in [0.25, 0.3) is 0 Å². The van der Waals surface area contributed by atoms with Crippen molar-refractivity contribution < 1.29 is 5.11 Å². The van der Waals surface area contributed by atoms with Crippen LogP contribution in [0.1, 0.15) is 72.1 Å². The zero-order valence-electron chi connectivity index (χ0n) is 12.5. The molecule has 106 valence electrons. The van der Waals surface area contributed by atoms with Gasteiger partial charge >= 0.3 is 0 Å². The van der Waals surface area contributed by atoms with Crippen LogP contribution >= 0.6 is 0 Å². The first-order chi connectivity index (χ1) is 8.36. The van der Waals surface area contributed by atoms with Crippen LogP contribution in [-0.4, -0.2) is 17.3 Å². The van der Waals surface area contributed by atoms with Crippen molar-refractivity contribution in [1.29, 1.82) is 0 Å². The molecule has 0 radical (unpaired) electrons. The second kappa shape index (κ2) is 4.79. The molecular weight excluding hydrogens is 222 g/mol. The smallest absolute Gasteiger partial charge is 0.0721 e. The largest absolute Gasteiger partial charge is 0.389 e. The normalized spacial score (nSPS) is 44.2. The molecule has 3 N–H and O–H groups in total. The topological polar surface area (TPSA) is 46.2 Å². The molecule has 1 atom stereocenters. The molecule has 0 saturated heterocycles. The van der Waals surface area contributed by atoms with Crippen LogP contribution in [0.15, 0.2) is 0 Å². The Balaban J connectivity index is 2.14. The van der Waals surface area contributed by atoms with Gasteiger partial charge in [-0.15, -0.1) is 0 Å². The van der Waals surface area contributed by atoms with Gasteiger partial charge in [-0.05, 0) is 56.3 Å². The number of rotatable bonds is 3. The van der Waals surface area contributed by atoms with Gasteiger partial charge in [-0.25, -0.2) is 0 Å². The second-order valence-electron chi connectivity index (χ2n) is 7.71. The van der Waals surface area contributed by atoms with Crippen molar-refractivity contribution >= 4 is 0 Å². The summed E-state index contributed by atoms with van der Waals surface area (Å²) in [7, 11) is 0. The van der Waals surface area contributed by atoms with E-state index in [9.17, 15) is 5.11 Å². The Hall–Kier alpha value is -0.0800. The predicted octanol–water partition coefficient (Wildman–Crippen LogP) is 3.47. The monoisotopic (exact) mass is 253 g/mol. The Morgan fingerprint density at radius 3 is 2.11 bits per heavy atom. The molecule has 1 unspecified atom stereocenters. The first-order valence-corrected chi connectivity index (χ1v) is 7.79. The van der Waals surface area contributed by atoms with Crippen molar-refractivity contribution in [2.45, 2.75) is 77.7 Å². The van der Waals surface area contributed by atoms with Gasteiger partial charge in [0.2, 0.25) is 0 Å². The Kier molecular flexibility index (Phi) is 3.81. The van der Waals surface area contributed by atoms with Gasteiger partial charge < -0.3 is 10.8 Å². The maximum atomic E-state index is 11.2. The predicted molar refractivity (Wildman–Crippen MR) is 76.3 cm³/mol. The second-order valence-corrected chi connectivity index (χ2v) is 7.71. The first-order valence-electron chi connectivity index (χ1n) is 7.79. The van der Waals surface area contributed by atoms with Gasteiger partial charge in [0.15, 0.2) is 0 Å². The van der Waals surface area contributed by atoms with E-state index in [4.69, 9.17) is 5.73 Å². The number of aliphatic hydroxyl groups is 1. The van der Waals surface area contributed by atoms with Crippen LogP contribution in [0.2, 0.25) is 0 Å². The van der Waals surface area contributed by atoms with Crippen molar-refractivity contribution in [3.8, 4) is 0 Å². The summed E-state index contributed by atoms with van der Waals surface area (Å²) in [5.74, 6) is 0.864. The van der Waals surface area contributed by atoms with Gasteiger partial charge in [-0.3, -0.25) is 0 Å². The van der Waals surface area contributed by atoms with E-state index >= 15 is 0 Å². The van der Waals surface area contributed by atoms with E-state index < -0.39 is 5.60 Å². The summed E-state index contributed by atoms with van der Waals surface area (Å²) in [5.41, 5.74) is 5.92. The minimum atomic E-state index is -0.496. The summed E-state index contributed by atoms with van der Waals surface area (Å²) < 4.78 is 0. The van der Waals surface area contributed by atoms with Gasteiger partial charge in [0.05, 0.1) is 5.60 Å². The van der Waals surface area contributed by atoms with Crippen molar-refractivity contribution in [3.05, 3.63) is 0 Å². The third kappa shape index (κ3) is 2.34. The summed E-state index contributed by atoms with van der Waals surface area (Å²) in [5, 5.41) is 11.2. The fourth-order valence-corrected chi connectivity index (χ4v) is 4.46. The highest BCUT2D eigenvalue weighted by atomic mass is 16.3. The quantitative estimate of drug-likeness (QED) is 0.809. The molecule has 2 saturated carbocycles. The van der Waals surface area contributed by atoms with Crippen molar-refractivity contribution in [3.63, 3.8) is 0 Å². The fraction of sp³-hybridized carbons (Fsp3) is 1.00. The van der Waals surface area contributed by atoms with Crippen LogP contribution in [0.5, 0.6) is 0 Å². The zero-order chi connectivity index (χ0) is 13.4. The standard InChI is InChI=1S/C16H31NO/c1-4-13-5-7-15(12-17,8-6-13)16(18)10-9-14(2,3)11-16/h13,18H,4-12,17H2,1-3H3. The van der Waals surface area contributed by atoms with E-state index in [1.807, 2.05) is 0 Å². The molecule has 0 bridgehead atoms. The molecule has 2 fully saturated rings. The molecule has 2 aliphatic carbocycles. The lowest BCUT2D eigenvalue weighted by molar-refractivity contribution is -0.105. The summed E-state index contributed by atoms with van der Waals surface area (Å²) in [4.78, 5) is 0. The van der Waals surface area contributed by atoms with E-state index in [2.05, 4.69) is 20.8 Å². The Bertz CT molecular complexity index is 291. The highest BCUT2D eigenvalue weighted by Gasteiger charge is 2.55. The van der Waals surface area contributed by atoms with Crippen molar-refractivity contribution in [2.24, 2.45) is 22.5 Å². The van der Waals surface area contributed by atoms with E-state index in [0.29, 0.717) is 12.0 Å². The summed E-state index contributed by atoms with van der Waals surface area (Å²) >= 11 is 0. The highest BCUT2D eigenvalue weighted by Crippen LogP contribution is 2.57. The molecular formula is C16H31NO. The molecule has 0 aromatic carbocycles. The molecule has 0 aliphatic heterocycles. The molecule has 0 aromatic heterocycles. The molecule has 2 rings (SSSR count). The third-order valence-electron chi connectivity index (χ3n) is 6.00. The average Bonchev–Trinajstić information content (AvgIpc) is 2.65. The Morgan fingerprint density at radius 1 is 1.11 bits per heavy atom. The van der Waals surface area contributed by atoms with Gasteiger partial charge in [-0.2, -0.15) is 0 Å². The van der Waals surface area contributed by atoms with E-state index in [0.717, 1.165) is 38.0 Å². The van der Waals surface area contributed by atoms with Crippen molar-refractivity contribution in [1.82, 2.24) is 0 Å². The molecule has 0 aromatic rings. The Labute approximate surface area is 112 Å². The van der Waals surface area contributed by atoms with Crippen LogP contribution < -0.4 is 5.73 Å². The molecule has 0 spiro atoms. The van der Waals surface area contributed by atoms with Gasteiger partial charge in [-0.1, -0.05) is 27.2 Å². The summed E-state index contributed by atoms with van der Waals surface area (Å²) in [6, 6.07) is 0. The lowest BCUT2D eigenvalue weighted by Crippen LogP contribution is -2.53. The van der Waals surface area contributed by atoms with Gasteiger partial charge in [0.1, 0.15) is 0 Å². The van der Waals surface area contributed by atoms with Crippen LogP contribution in [0.4, 0.5) is 0 Å². The van der Waals surface area contributed by atoms with Crippen LogP contribution in [0.3, 0.4) is 0 Å². The lowest BCUT2D eigenvalue weighted by Gasteiger charge is -2.49. The maximum Gasteiger partial charge on any atom is 0.0721 e. The minimum Gasteiger partial charge on any atom is -0.389 e. The molecule has 0 amide bonds. The fourth-order valence-electron chi connectivity index (χ4n) is 4.46. The van der Waals surface area contributed by atoms with E-state index in [1.54, 1.807) is 0 Å². The number of hydrogen-bond acceptors (Lipinski definition) is 2. The SMILES string of the molecule is CCC1CCC(CN)(C2(O)CCC(C)(C)C2)CC1. The van der Waals surface area contributed by atoms with Gasteiger partial charge in [0.25, 0.3) is 0 Å². The molecule has 0 heterocycles. The van der Waals surface area contributed by atoms with E-state index in [1.165, 1.54) is 19.3 Å². The zero-order valence-corrected chi connectivity index (χ0v) is 12.5. The summed E-state index contributed by atoms with van der Waals surface area (Å²) in [6.45, 7) is 7.52. The summed E-state index contributed by atoms with van der Waals surface area (Å²) in [6.07, 6.45) is 9.10. The third-order valence-corrected chi connectivity index (χ3v) is 6.00. The van der Waals surface area contributed by atoms with Crippen LogP contribution in [-0.2, 0) is 0 Å². The Morgan fingerprint density at radius 2 is 1.72 bits per heavy atom. The van der Waals surface area contributed by atoms with E-state index in [-0.39, 0.29) is 5.41 Å². The minimum absolute atomic E-state index is 0.00639. The molecule has 2 aliphatic rings. The molecule has 18 heavy (non-hydrogen) atoms. The molecule has 2 heteroatoms. The van der Waals surface area contributed by atoms with Crippen LogP contribution in [0, 0.1) is 16.7 Å². The highest BCUT2D eigenvalue weighted by molar-refractivity contribution is 5.07. The van der Waals surface area contributed by atoms with Gasteiger partial charge in [0, 0.05) is 12.0 Å². The average molecular weight is 253 g/mol.